The van der Waals surface area contributed by atoms with Crippen molar-refractivity contribution in [1.29, 1.82) is 0 Å². The Balaban J connectivity index is 0.000000138. The molecule has 0 saturated carbocycles. The molecule has 0 aliphatic carbocycles. The van der Waals surface area contributed by atoms with Crippen molar-refractivity contribution in [2.24, 2.45) is 28.2 Å². The molecule has 0 bridgehead atoms. The van der Waals surface area contributed by atoms with Crippen molar-refractivity contribution >= 4 is 0 Å². The minimum absolute atomic E-state index is 1.21. The van der Waals surface area contributed by atoms with E-state index in [9.17, 15) is 0 Å². The molecule has 0 amide bonds. The molecule has 0 aliphatic rings. The van der Waals surface area contributed by atoms with E-state index in [1.54, 1.807) is 0 Å². The van der Waals surface area contributed by atoms with Gasteiger partial charge in [-0.05, 0) is 119 Å². The van der Waals surface area contributed by atoms with E-state index in [-0.39, 0.29) is 0 Å². The highest BCUT2D eigenvalue weighted by Crippen LogP contribution is 2.27. The molecule has 69 heavy (non-hydrogen) atoms. The fourth-order valence-corrected chi connectivity index (χ4v) is 8.90. The number of aryl methyl sites for hydroxylation is 11. The summed E-state index contributed by atoms with van der Waals surface area (Å²) in [6, 6.07) is 50.6. The fourth-order valence-electron chi connectivity index (χ4n) is 8.90. The molecule has 4 heterocycles. The topological polar surface area (TPSA) is 35.2 Å². The summed E-state index contributed by atoms with van der Waals surface area (Å²) in [5.41, 5.74) is 21.6. The van der Waals surface area contributed by atoms with Gasteiger partial charge in [0.05, 0.1) is 42.5 Å². The van der Waals surface area contributed by atoms with E-state index in [2.05, 4.69) is 311 Å². The Kier molecular flexibility index (Phi) is 15.5. The van der Waals surface area contributed by atoms with Gasteiger partial charge in [0.15, 0.2) is 27.3 Å². The van der Waals surface area contributed by atoms with E-state index in [4.69, 9.17) is 0 Å². The Morgan fingerprint density at radius 1 is 0.333 bits per heavy atom. The van der Waals surface area contributed by atoms with Gasteiger partial charge in [0.1, 0.15) is 17.1 Å². The quantitative estimate of drug-likeness (QED) is 0.149. The zero-order valence-electron chi connectivity index (χ0n) is 43.0. The number of aromatic nitrogens is 8. The zero-order chi connectivity index (χ0) is 49.4. The number of hydrogen-bond acceptors (Lipinski definition) is 0. The highest BCUT2D eigenvalue weighted by molar-refractivity contribution is 5.69. The van der Waals surface area contributed by atoms with Crippen molar-refractivity contribution < 1.29 is 18.7 Å². The van der Waals surface area contributed by atoms with Crippen LogP contribution in [-0.2, 0) is 28.2 Å². The zero-order valence-corrected chi connectivity index (χ0v) is 43.0. The standard InChI is InChI=1S/C19H21N2.C17H17N2.C13H17N2.C12H15N2/c1-14-8-5-6-11-18(14)21-13-17(12-20(21)4)19-15(2)9-7-10-16(19)3;1-14-8-6-7-11-17(14)19-13-16(12-18(19)2)15-9-4-3-5-10-15;1-10-7-5-6-8-13(10)15-9-11(2)12(3)14(15)4;1-10-8-13(3)14(9-10)12-7-5-4-6-11(12)2/h5-13H,1-4H3;3-13H,1-2H3;5-9H,1-4H3;4-9H,1-3H3/q4*+1. The number of benzene rings is 6. The summed E-state index contributed by atoms with van der Waals surface area (Å²) in [6.45, 7) is 19.3. The lowest BCUT2D eigenvalue weighted by molar-refractivity contribution is -0.744. The second-order valence-electron chi connectivity index (χ2n) is 18.2. The first kappa shape index (κ1) is 49.1. The Morgan fingerprint density at radius 3 is 1.19 bits per heavy atom. The van der Waals surface area contributed by atoms with Crippen LogP contribution in [0.3, 0.4) is 0 Å². The van der Waals surface area contributed by atoms with Crippen LogP contribution in [0.5, 0.6) is 0 Å². The van der Waals surface area contributed by atoms with E-state index in [0.29, 0.717) is 0 Å². The lowest BCUT2D eigenvalue weighted by Crippen LogP contribution is -2.39. The molecule has 0 unspecified atom stereocenters. The highest BCUT2D eigenvalue weighted by Gasteiger charge is 2.19. The van der Waals surface area contributed by atoms with Crippen LogP contribution in [0.4, 0.5) is 0 Å². The van der Waals surface area contributed by atoms with Crippen molar-refractivity contribution in [3.63, 3.8) is 0 Å². The van der Waals surface area contributed by atoms with Gasteiger partial charge < -0.3 is 0 Å². The van der Waals surface area contributed by atoms with Crippen LogP contribution in [0.15, 0.2) is 189 Å². The van der Waals surface area contributed by atoms with E-state index in [1.165, 1.54) is 95.2 Å². The third-order valence-electron chi connectivity index (χ3n) is 12.9. The molecule has 8 nitrogen and oxygen atoms in total. The second-order valence-corrected chi connectivity index (χ2v) is 18.2. The molecule has 0 atom stereocenters. The molecule has 4 aromatic heterocycles. The lowest BCUT2D eigenvalue weighted by atomic mass is 9.98. The summed E-state index contributed by atoms with van der Waals surface area (Å²) in [5.74, 6) is 0. The van der Waals surface area contributed by atoms with Crippen LogP contribution < -0.4 is 18.7 Å². The molecular weight excluding hydrogens is 845 g/mol. The lowest BCUT2D eigenvalue weighted by Gasteiger charge is -2.05. The molecule has 0 aliphatic heterocycles. The van der Waals surface area contributed by atoms with Crippen LogP contribution >= 0.6 is 0 Å². The van der Waals surface area contributed by atoms with Crippen LogP contribution in [0.2, 0.25) is 0 Å². The maximum Gasteiger partial charge on any atom is 0.238 e. The van der Waals surface area contributed by atoms with Gasteiger partial charge in [-0.1, -0.05) is 126 Å². The molecule has 0 radical (unpaired) electrons. The van der Waals surface area contributed by atoms with Gasteiger partial charge >= 0.3 is 0 Å². The molecule has 10 rings (SSSR count). The molecule has 10 aromatic rings. The fraction of sp³-hybridized carbons (Fsp3) is 0.213. The summed E-state index contributed by atoms with van der Waals surface area (Å²) in [7, 11) is 8.30. The largest absolute Gasteiger partial charge is 0.238 e. The summed E-state index contributed by atoms with van der Waals surface area (Å²) in [5, 5.41) is 0. The third-order valence-corrected chi connectivity index (χ3v) is 12.9. The Hall–Kier alpha value is -7.84. The van der Waals surface area contributed by atoms with Crippen LogP contribution in [-0.4, -0.2) is 18.7 Å². The number of rotatable bonds is 6. The monoisotopic (exact) mass is 915 g/mol. The van der Waals surface area contributed by atoms with E-state index < -0.39 is 0 Å². The predicted molar refractivity (Wildman–Crippen MR) is 281 cm³/mol. The first-order chi connectivity index (χ1) is 33.1. The third kappa shape index (κ3) is 11.3. The average molecular weight is 915 g/mol. The summed E-state index contributed by atoms with van der Waals surface area (Å²) >= 11 is 0. The molecule has 0 fully saturated rings. The number of hydrogen-bond donors (Lipinski definition) is 0. The van der Waals surface area contributed by atoms with Gasteiger partial charge in [-0.15, -0.1) is 28.1 Å². The average Bonchev–Trinajstić information content (AvgIpc) is 4.08. The number of nitrogens with zero attached hydrogens (tertiary/aromatic N) is 8. The SMILES string of the molecule is Cc1ccccc1-[n+]1cc(C)c(C)n1C.Cc1ccccc1-n1cc(-c2c(C)cccc2C)c[n+]1C.Cc1ccccc1-n1cc(-c2ccccc2)c[n+]1C.Cc1cn(-c2ccccc2C)[n+](C)c1. The smallest absolute Gasteiger partial charge is 0.155 e. The minimum atomic E-state index is 1.21. The molecule has 8 heteroatoms. The van der Waals surface area contributed by atoms with Crippen LogP contribution in [0, 0.1) is 62.3 Å². The molecule has 0 N–H and O–H groups in total. The van der Waals surface area contributed by atoms with Gasteiger partial charge in [0, 0.05) is 22.8 Å². The Bertz CT molecular complexity index is 3300. The minimum Gasteiger partial charge on any atom is -0.155 e. The summed E-state index contributed by atoms with van der Waals surface area (Å²) < 4.78 is 17.3. The van der Waals surface area contributed by atoms with Crippen molar-refractivity contribution in [3.8, 4) is 45.0 Å². The van der Waals surface area contributed by atoms with Gasteiger partial charge in [-0.25, -0.2) is 0 Å². The first-order valence-corrected chi connectivity index (χ1v) is 23.7. The van der Waals surface area contributed by atoms with Crippen molar-refractivity contribution in [1.82, 2.24) is 18.7 Å². The second kappa shape index (κ2) is 21.9. The van der Waals surface area contributed by atoms with Gasteiger partial charge in [0.25, 0.3) is 0 Å². The summed E-state index contributed by atoms with van der Waals surface area (Å²) in [4.78, 5) is 0. The maximum atomic E-state index is 2.22. The first-order valence-electron chi connectivity index (χ1n) is 23.7. The van der Waals surface area contributed by atoms with E-state index >= 15 is 0 Å². The van der Waals surface area contributed by atoms with Crippen LogP contribution in [0.25, 0.3) is 45.0 Å². The Labute approximate surface area is 410 Å². The molecule has 6 aromatic carbocycles. The maximum absolute atomic E-state index is 2.22. The predicted octanol–water partition coefficient (Wildman–Crippen LogP) is 11.3. The van der Waals surface area contributed by atoms with E-state index in [1.807, 2.05) is 6.07 Å². The van der Waals surface area contributed by atoms with Gasteiger partial charge in [-0.2, -0.15) is 4.68 Å². The molecule has 0 saturated heterocycles. The molecular formula is C61H70N8+4. The van der Waals surface area contributed by atoms with Crippen molar-refractivity contribution in [2.45, 2.75) is 62.3 Å². The summed E-state index contributed by atoms with van der Waals surface area (Å²) in [6.07, 6.45) is 15.2. The van der Waals surface area contributed by atoms with Crippen LogP contribution in [0.1, 0.15) is 50.2 Å². The normalized spacial score (nSPS) is 10.7. The number of para-hydroxylation sites is 4. The molecule has 350 valence electrons. The van der Waals surface area contributed by atoms with Gasteiger partial charge in [0.2, 0.25) is 24.3 Å². The Morgan fingerprint density at radius 2 is 0.739 bits per heavy atom. The van der Waals surface area contributed by atoms with E-state index in [0.717, 1.165) is 0 Å². The highest BCUT2D eigenvalue weighted by atomic mass is 15.4. The molecule has 0 spiro atoms. The van der Waals surface area contributed by atoms with Gasteiger partial charge in [-0.3, -0.25) is 0 Å². The van der Waals surface area contributed by atoms with Crippen molar-refractivity contribution in [3.05, 3.63) is 239 Å². The van der Waals surface area contributed by atoms with Crippen molar-refractivity contribution in [2.75, 3.05) is 0 Å².